The lowest BCUT2D eigenvalue weighted by Gasteiger charge is -2.09. The number of benzene rings is 1. The van der Waals surface area contributed by atoms with Crippen LogP contribution in [-0.4, -0.2) is 4.98 Å². The Labute approximate surface area is 110 Å². The first-order valence-corrected chi connectivity index (χ1v) is 6.24. The highest BCUT2D eigenvalue weighted by Crippen LogP contribution is 2.26. The van der Waals surface area contributed by atoms with Crippen molar-refractivity contribution in [2.45, 2.75) is 20.5 Å². The molecule has 1 heterocycles. The van der Waals surface area contributed by atoms with E-state index in [2.05, 4.69) is 33.9 Å². The summed E-state index contributed by atoms with van der Waals surface area (Å²) in [5.41, 5.74) is 3.44. The van der Waals surface area contributed by atoms with Gasteiger partial charge in [-0.2, -0.15) is 0 Å². The summed E-state index contributed by atoms with van der Waals surface area (Å²) in [7, 11) is 0. The summed E-state index contributed by atoms with van der Waals surface area (Å²) < 4.78 is 6.73. The van der Waals surface area contributed by atoms with E-state index >= 15 is 0 Å². The summed E-state index contributed by atoms with van der Waals surface area (Å²) >= 11 is 3.49. The number of pyridine rings is 1. The molecule has 0 atom stereocenters. The van der Waals surface area contributed by atoms with E-state index in [1.807, 2.05) is 37.5 Å². The highest BCUT2D eigenvalue weighted by Gasteiger charge is 2.02. The summed E-state index contributed by atoms with van der Waals surface area (Å²) in [6, 6.07) is 8.14. The smallest absolute Gasteiger partial charge is 0.134 e. The van der Waals surface area contributed by atoms with E-state index in [1.165, 1.54) is 5.56 Å². The van der Waals surface area contributed by atoms with Gasteiger partial charge in [0.2, 0.25) is 0 Å². The molecule has 0 spiro atoms. The Balaban J connectivity index is 2.07. The van der Waals surface area contributed by atoms with Gasteiger partial charge in [0.15, 0.2) is 0 Å². The van der Waals surface area contributed by atoms with Crippen LogP contribution in [0.25, 0.3) is 0 Å². The summed E-state index contributed by atoms with van der Waals surface area (Å²) in [5.74, 6) is 0.858. The molecule has 2 aromatic rings. The molecule has 3 heteroatoms. The predicted molar refractivity (Wildman–Crippen MR) is 72.2 cm³/mol. The van der Waals surface area contributed by atoms with Crippen molar-refractivity contribution in [2.75, 3.05) is 0 Å². The maximum atomic E-state index is 5.75. The molecule has 17 heavy (non-hydrogen) atoms. The second-order valence-electron chi connectivity index (χ2n) is 4.09. The van der Waals surface area contributed by atoms with Crippen molar-refractivity contribution in [3.8, 4) is 5.75 Å². The summed E-state index contributed by atoms with van der Waals surface area (Å²) in [6.45, 7) is 4.62. The summed E-state index contributed by atoms with van der Waals surface area (Å²) in [5, 5.41) is 0. The molecule has 0 aliphatic carbocycles. The van der Waals surface area contributed by atoms with Gasteiger partial charge in [-0.3, -0.25) is 4.98 Å². The molecule has 2 rings (SSSR count). The SMILES string of the molecule is Cc1cncc(COc2ccc(C)cc2Br)c1. The van der Waals surface area contributed by atoms with Gasteiger partial charge in [-0.15, -0.1) is 0 Å². The van der Waals surface area contributed by atoms with Crippen LogP contribution >= 0.6 is 15.9 Å². The highest BCUT2D eigenvalue weighted by molar-refractivity contribution is 9.10. The van der Waals surface area contributed by atoms with Crippen LogP contribution in [0.4, 0.5) is 0 Å². The van der Waals surface area contributed by atoms with E-state index < -0.39 is 0 Å². The number of hydrogen-bond donors (Lipinski definition) is 0. The number of hydrogen-bond acceptors (Lipinski definition) is 2. The number of aromatic nitrogens is 1. The summed E-state index contributed by atoms with van der Waals surface area (Å²) in [4.78, 5) is 4.14. The number of ether oxygens (including phenoxy) is 1. The Bertz CT molecular complexity index is 525. The molecule has 1 aromatic carbocycles. The third-order valence-corrected chi connectivity index (χ3v) is 3.03. The Kier molecular flexibility index (Phi) is 3.79. The van der Waals surface area contributed by atoms with Crippen molar-refractivity contribution in [3.63, 3.8) is 0 Å². The quantitative estimate of drug-likeness (QED) is 0.851. The van der Waals surface area contributed by atoms with Crippen LogP contribution < -0.4 is 4.74 Å². The van der Waals surface area contributed by atoms with Crippen LogP contribution in [0.2, 0.25) is 0 Å². The molecule has 2 nitrogen and oxygen atoms in total. The van der Waals surface area contributed by atoms with Crippen LogP contribution in [0, 0.1) is 13.8 Å². The number of aryl methyl sites for hydroxylation is 2. The van der Waals surface area contributed by atoms with Gasteiger partial charge in [-0.1, -0.05) is 6.07 Å². The molecule has 0 aliphatic rings. The monoisotopic (exact) mass is 291 g/mol. The number of halogens is 1. The van der Waals surface area contributed by atoms with Crippen molar-refractivity contribution in [3.05, 3.63) is 57.8 Å². The molecule has 0 saturated carbocycles. The molecular formula is C14H14BrNO. The third kappa shape index (κ3) is 3.30. The van der Waals surface area contributed by atoms with Crippen LogP contribution in [0.3, 0.4) is 0 Å². The molecule has 0 radical (unpaired) electrons. The van der Waals surface area contributed by atoms with Gasteiger partial charge in [-0.25, -0.2) is 0 Å². The topological polar surface area (TPSA) is 22.1 Å². The van der Waals surface area contributed by atoms with E-state index in [9.17, 15) is 0 Å². The Morgan fingerprint density at radius 1 is 1.12 bits per heavy atom. The molecule has 0 N–H and O–H groups in total. The zero-order chi connectivity index (χ0) is 12.3. The minimum absolute atomic E-state index is 0.538. The zero-order valence-corrected chi connectivity index (χ0v) is 11.5. The maximum Gasteiger partial charge on any atom is 0.134 e. The standard InChI is InChI=1S/C14H14BrNO/c1-10-3-4-14(13(15)6-10)17-9-12-5-11(2)7-16-8-12/h3-8H,9H2,1-2H3. The van der Waals surface area contributed by atoms with Crippen molar-refractivity contribution in [1.82, 2.24) is 4.98 Å². The van der Waals surface area contributed by atoms with Crippen LogP contribution in [0.1, 0.15) is 16.7 Å². The van der Waals surface area contributed by atoms with Crippen LogP contribution in [0.5, 0.6) is 5.75 Å². The fourth-order valence-corrected chi connectivity index (χ4v) is 2.19. The number of nitrogens with zero attached hydrogens (tertiary/aromatic N) is 1. The third-order valence-electron chi connectivity index (χ3n) is 2.41. The molecule has 0 amide bonds. The fourth-order valence-electron chi connectivity index (χ4n) is 1.58. The second-order valence-corrected chi connectivity index (χ2v) is 4.95. The molecule has 0 bridgehead atoms. The van der Waals surface area contributed by atoms with Crippen molar-refractivity contribution in [1.29, 1.82) is 0 Å². The Morgan fingerprint density at radius 3 is 2.65 bits per heavy atom. The molecule has 0 fully saturated rings. The predicted octanol–water partition coefficient (Wildman–Crippen LogP) is 4.04. The van der Waals surface area contributed by atoms with E-state index in [0.29, 0.717) is 6.61 Å². The average molecular weight is 292 g/mol. The minimum atomic E-state index is 0.538. The molecule has 1 aromatic heterocycles. The van der Waals surface area contributed by atoms with E-state index in [-0.39, 0.29) is 0 Å². The zero-order valence-electron chi connectivity index (χ0n) is 9.90. The first kappa shape index (κ1) is 12.1. The lowest BCUT2D eigenvalue weighted by molar-refractivity contribution is 0.303. The van der Waals surface area contributed by atoms with Gasteiger partial charge in [0, 0.05) is 18.0 Å². The molecule has 0 aliphatic heterocycles. The van der Waals surface area contributed by atoms with Crippen LogP contribution in [-0.2, 0) is 6.61 Å². The lowest BCUT2D eigenvalue weighted by atomic mass is 10.2. The van der Waals surface area contributed by atoms with E-state index in [1.54, 1.807) is 0 Å². The van der Waals surface area contributed by atoms with Gasteiger partial charge in [0.25, 0.3) is 0 Å². The lowest BCUT2D eigenvalue weighted by Crippen LogP contribution is -1.97. The largest absolute Gasteiger partial charge is 0.488 e. The average Bonchev–Trinajstić information content (AvgIpc) is 2.28. The van der Waals surface area contributed by atoms with Gasteiger partial charge in [0.1, 0.15) is 12.4 Å². The van der Waals surface area contributed by atoms with E-state index in [4.69, 9.17) is 4.74 Å². The first-order valence-electron chi connectivity index (χ1n) is 5.44. The van der Waals surface area contributed by atoms with Gasteiger partial charge in [-0.05, 0) is 59.1 Å². The van der Waals surface area contributed by atoms with Crippen molar-refractivity contribution in [2.24, 2.45) is 0 Å². The molecule has 88 valence electrons. The Hall–Kier alpha value is -1.35. The highest BCUT2D eigenvalue weighted by atomic mass is 79.9. The Morgan fingerprint density at radius 2 is 1.94 bits per heavy atom. The van der Waals surface area contributed by atoms with Gasteiger partial charge >= 0.3 is 0 Å². The minimum Gasteiger partial charge on any atom is -0.488 e. The van der Waals surface area contributed by atoms with Gasteiger partial charge < -0.3 is 4.74 Å². The van der Waals surface area contributed by atoms with Gasteiger partial charge in [0.05, 0.1) is 4.47 Å². The maximum absolute atomic E-state index is 5.75. The normalized spacial score (nSPS) is 10.3. The second kappa shape index (κ2) is 5.32. The molecule has 0 saturated heterocycles. The van der Waals surface area contributed by atoms with Crippen LogP contribution in [0.15, 0.2) is 41.1 Å². The fraction of sp³-hybridized carbons (Fsp3) is 0.214. The number of rotatable bonds is 3. The van der Waals surface area contributed by atoms with Crippen molar-refractivity contribution < 1.29 is 4.74 Å². The molecule has 0 unspecified atom stereocenters. The van der Waals surface area contributed by atoms with Crippen molar-refractivity contribution >= 4 is 15.9 Å². The molecular weight excluding hydrogens is 278 g/mol. The van der Waals surface area contributed by atoms with E-state index in [0.717, 1.165) is 21.3 Å². The first-order chi connectivity index (χ1) is 8.15. The summed E-state index contributed by atoms with van der Waals surface area (Å²) in [6.07, 6.45) is 3.67.